The van der Waals surface area contributed by atoms with E-state index >= 15 is 0 Å². The van der Waals surface area contributed by atoms with Crippen LogP contribution in [-0.4, -0.2) is 31.2 Å². The van der Waals surface area contributed by atoms with Crippen LogP contribution >= 0.6 is 0 Å². The Kier molecular flexibility index (Phi) is 3.62. The summed E-state index contributed by atoms with van der Waals surface area (Å²) in [4.78, 5) is 3.33. The van der Waals surface area contributed by atoms with Crippen molar-refractivity contribution in [1.82, 2.24) is 15.6 Å². The molecule has 1 aliphatic heterocycles. The Morgan fingerprint density at radius 1 is 1.28 bits per heavy atom. The third-order valence-electron chi connectivity index (χ3n) is 3.84. The monoisotopic (exact) mass is 243 g/mol. The van der Waals surface area contributed by atoms with Gasteiger partial charge in [-0.2, -0.15) is 0 Å². The van der Waals surface area contributed by atoms with Crippen LogP contribution in [0.4, 0.5) is 0 Å². The van der Waals surface area contributed by atoms with Crippen LogP contribution in [0, 0.1) is 5.92 Å². The minimum Gasteiger partial charge on any atom is -0.361 e. The van der Waals surface area contributed by atoms with E-state index in [1.165, 1.54) is 36.0 Å². The molecule has 3 rings (SSSR count). The topological polar surface area (TPSA) is 39.8 Å². The summed E-state index contributed by atoms with van der Waals surface area (Å²) in [5.41, 5.74) is 2.66. The van der Waals surface area contributed by atoms with Crippen molar-refractivity contribution in [2.24, 2.45) is 5.92 Å². The van der Waals surface area contributed by atoms with Gasteiger partial charge in [0.05, 0.1) is 0 Å². The lowest BCUT2D eigenvalue weighted by Crippen LogP contribution is -2.26. The molecule has 0 amide bonds. The number of hydrogen-bond donors (Lipinski definition) is 3. The quantitative estimate of drug-likeness (QED) is 0.702. The van der Waals surface area contributed by atoms with Crippen molar-refractivity contribution in [3.05, 3.63) is 36.0 Å². The van der Waals surface area contributed by atoms with Crippen molar-refractivity contribution in [3.8, 4) is 0 Å². The molecule has 0 bridgehead atoms. The molecule has 3 N–H and O–H groups in total. The fourth-order valence-corrected chi connectivity index (χ4v) is 2.76. The average molecular weight is 243 g/mol. The second-order valence-electron chi connectivity index (χ2n) is 5.17. The first kappa shape index (κ1) is 11.8. The van der Waals surface area contributed by atoms with Crippen molar-refractivity contribution >= 4 is 10.9 Å². The van der Waals surface area contributed by atoms with E-state index in [1.807, 2.05) is 0 Å². The average Bonchev–Trinajstić information content (AvgIpc) is 3.04. The second kappa shape index (κ2) is 5.55. The van der Waals surface area contributed by atoms with Crippen LogP contribution in [0.15, 0.2) is 30.5 Å². The van der Waals surface area contributed by atoms with Crippen LogP contribution in [-0.2, 0) is 6.42 Å². The van der Waals surface area contributed by atoms with Gasteiger partial charge in [-0.05, 0) is 56.6 Å². The van der Waals surface area contributed by atoms with Gasteiger partial charge in [0.1, 0.15) is 0 Å². The van der Waals surface area contributed by atoms with Gasteiger partial charge in [0, 0.05) is 17.1 Å². The largest absolute Gasteiger partial charge is 0.361 e. The standard InChI is InChI=1S/C15H21N3/c1-2-4-15-14(3-1)13(11-18-15)6-8-17-10-12-5-7-16-9-12/h1-4,11-12,16-18H,5-10H2. The Hall–Kier alpha value is -1.32. The molecule has 18 heavy (non-hydrogen) atoms. The normalized spacial score (nSPS) is 19.7. The van der Waals surface area contributed by atoms with Crippen LogP contribution in [0.25, 0.3) is 10.9 Å². The number of fused-ring (bicyclic) bond motifs is 1. The van der Waals surface area contributed by atoms with E-state index in [0.717, 1.165) is 25.4 Å². The van der Waals surface area contributed by atoms with Crippen molar-refractivity contribution < 1.29 is 0 Å². The SMILES string of the molecule is c1ccc2c(CCNCC3CCNC3)c[nH]c2c1. The molecule has 1 atom stereocenters. The fourth-order valence-electron chi connectivity index (χ4n) is 2.76. The number of hydrogen-bond acceptors (Lipinski definition) is 2. The predicted molar refractivity (Wildman–Crippen MR) is 75.8 cm³/mol. The van der Waals surface area contributed by atoms with Crippen LogP contribution in [0.5, 0.6) is 0 Å². The Balaban J connectivity index is 1.50. The zero-order valence-electron chi connectivity index (χ0n) is 10.7. The number of benzene rings is 1. The molecule has 2 heterocycles. The molecule has 3 heteroatoms. The predicted octanol–water partition coefficient (Wildman–Crippen LogP) is 1.91. The van der Waals surface area contributed by atoms with E-state index < -0.39 is 0 Å². The summed E-state index contributed by atoms with van der Waals surface area (Å²) in [6.07, 6.45) is 4.56. The minimum atomic E-state index is 0.827. The summed E-state index contributed by atoms with van der Waals surface area (Å²) < 4.78 is 0. The van der Waals surface area contributed by atoms with Gasteiger partial charge in [-0.1, -0.05) is 18.2 Å². The number of para-hydroxylation sites is 1. The lowest BCUT2D eigenvalue weighted by Gasteiger charge is -2.09. The van der Waals surface area contributed by atoms with E-state index in [0.29, 0.717) is 0 Å². The zero-order valence-corrected chi connectivity index (χ0v) is 10.7. The van der Waals surface area contributed by atoms with Crippen molar-refractivity contribution in [1.29, 1.82) is 0 Å². The third kappa shape index (κ3) is 2.57. The number of aromatic amines is 1. The highest BCUT2D eigenvalue weighted by Crippen LogP contribution is 2.17. The van der Waals surface area contributed by atoms with Crippen LogP contribution < -0.4 is 10.6 Å². The molecule has 96 valence electrons. The Morgan fingerprint density at radius 2 is 2.22 bits per heavy atom. The molecule has 1 saturated heterocycles. The van der Waals surface area contributed by atoms with Crippen molar-refractivity contribution in [2.75, 3.05) is 26.2 Å². The second-order valence-corrected chi connectivity index (χ2v) is 5.17. The highest BCUT2D eigenvalue weighted by atomic mass is 14.9. The number of aromatic nitrogens is 1. The summed E-state index contributed by atoms with van der Waals surface area (Å²) in [6.45, 7) is 4.59. The van der Waals surface area contributed by atoms with Gasteiger partial charge < -0.3 is 15.6 Å². The maximum Gasteiger partial charge on any atom is 0.0456 e. The molecule has 0 radical (unpaired) electrons. The maximum atomic E-state index is 3.58. The molecule has 2 aromatic rings. The Labute approximate surface area is 108 Å². The fraction of sp³-hybridized carbons (Fsp3) is 0.467. The summed E-state index contributed by atoms with van der Waals surface area (Å²) in [5.74, 6) is 0.827. The highest BCUT2D eigenvalue weighted by Gasteiger charge is 2.13. The number of nitrogens with one attached hydrogen (secondary N) is 3. The first-order chi connectivity index (χ1) is 8.93. The van der Waals surface area contributed by atoms with Crippen LogP contribution in [0.1, 0.15) is 12.0 Å². The Bertz CT molecular complexity index is 497. The molecule has 3 nitrogen and oxygen atoms in total. The first-order valence-corrected chi connectivity index (χ1v) is 6.90. The number of H-pyrrole nitrogens is 1. The molecular weight excluding hydrogens is 222 g/mol. The molecule has 0 spiro atoms. The molecule has 1 unspecified atom stereocenters. The van der Waals surface area contributed by atoms with E-state index in [2.05, 4.69) is 46.1 Å². The van der Waals surface area contributed by atoms with Crippen molar-refractivity contribution in [2.45, 2.75) is 12.8 Å². The van der Waals surface area contributed by atoms with E-state index in [-0.39, 0.29) is 0 Å². The van der Waals surface area contributed by atoms with Crippen LogP contribution in [0.3, 0.4) is 0 Å². The van der Waals surface area contributed by atoms with Crippen LogP contribution in [0.2, 0.25) is 0 Å². The molecule has 1 aliphatic rings. The molecular formula is C15H21N3. The van der Waals surface area contributed by atoms with E-state index in [4.69, 9.17) is 0 Å². The lowest BCUT2D eigenvalue weighted by atomic mass is 10.1. The highest BCUT2D eigenvalue weighted by molar-refractivity contribution is 5.83. The van der Waals surface area contributed by atoms with E-state index in [9.17, 15) is 0 Å². The van der Waals surface area contributed by atoms with Gasteiger partial charge in [0.2, 0.25) is 0 Å². The minimum absolute atomic E-state index is 0.827. The zero-order chi connectivity index (χ0) is 12.2. The summed E-state index contributed by atoms with van der Waals surface area (Å²) in [6, 6.07) is 8.52. The molecule has 0 saturated carbocycles. The first-order valence-electron chi connectivity index (χ1n) is 6.90. The van der Waals surface area contributed by atoms with Gasteiger partial charge >= 0.3 is 0 Å². The summed E-state index contributed by atoms with van der Waals surface area (Å²) in [5, 5.41) is 8.35. The third-order valence-corrected chi connectivity index (χ3v) is 3.84. The lowest BCUT2D eigenvalue weighted by molar-refractivity contribution is 0.515. The van der Waals surface area contributed by atoms with Gasteiger partial charge in [0.25, 0.3) is 0 Å². The van der Waals surface area contributed by atoms with Gasteiger partial charge in [-0.25, -0.2) is 0 Å². The molecule has 1 aromatic carbocycles. The van der Waals surface area contributed by atoms with Crippen molar-refractivity contribution in [3.63, 3.8) is 0 Å². The van der Waals surface area contributed by atoms with E-state index in [1.54, 1.807) is 0 Å². The molecule has 1 aromatic heterocycles. The molecule has 0 aliphatic carbocycles. The Morgan fingerprint density at radius 3 is 3.11 bits per heavy atom. The molecule has 1 fully saturated rings. The van der Waals surface area contributed by atoms with Gasteiger partial charge in [0.15, 0.2) is 0 Å². The van der Waals surface area contributed by atoms with Gasteiger partial charge in [-0.3, -0.25) is 0 Å². The van der Waals surface area contributed by atoms with Gasteiger partial charge in [-0.15, -0.1) is 0 Å². The number of rotatable bonds is 5. The maximum absolute atomic E-state index is 3.58. The summed E-state index contributed by atoms with van der Waals surface area (Å²) >= 11 is 0. The summed E-state index contributed by atoms with van der Waals surface area (Å²) in [7, 11) is 0. The smallest absolute Gasteiger partial charge is 0.0456 e.